The smallest absolute Gasteiger partial charge is 0.169 e. The Morgan fingerprint density at radius 1 is 1.21 bits per heavy atom. The van der Waals surface area contributed by atoms with Crippen LogP contribution in [-0.4, -0.2) is 11.1 Å². The molecule has 0 fully saturated rings. The molecule has 0 bridgehead atoms. The zero-order valence-electron chi connectivity index (χ0n) is 11.8. The summed E-state index contributed by atoms with van der Waals surface area (Å²) in [6, 6.07) is 8.36. The van der Waals surface area contributed by atoms with Gasteiger partial charge < -0.3 is 10.1 Å². The van der Waals surface area contributed by atoms with Gasteiger partial charge in [-0.15, -0.1) is 11.3 Å². The monoisotopic (exact) mass is 276 g/mol. The predicted molar refractivity (Wildman–Crippen MR) is 81.1 cm³/mol. The molecule has 2 aromatic heterocycles. The van der Waals surface area contributed by atoms with Crippen LogP contribution in [0.5, 0.6) is 5.75 Å². The molecule has 1 N–H and O–H groups in total. The topological polar surface area (TPSA) is 34.2 Å². The van der Waals surface area contributed by atoms with E-state index < -0.39 is 0 Å². The van der Waals surface area contributed by atoms with Gasteiger partial charge in [-0.25, -0.2) is 4.98 Å². The number of aromatic nitrogens is 1. The van der Waals surface area contributed by atoms with Crippen LogP contribution in [-0.2, 0) is 0 Å². The van der Waals surface area contributed by atoms with Gasteiger partial charge >= 0.3 is 0 Å². The van der Waals surface area contributed by atoms with Gasteiger partial charge in [0.15, 0.2) is 11.6 Å². The molecule has 1 unspecified atom stereocenters. The van der Waals surface area contributed by atoms with E-state index in [1.54, 1.807) is 17.5 Å². The number of pyridine rings is 1. The first-order valence-electron chi connectivity index (χ1n) is 6.51. The minimum Gasteiger partial charge on any atom is -0.487 e. The number of thiophene rings is 1. The predicted octanol–water partition coefficient (Wildman–Crippen LogP) is 4.41. The molecule has 2 rings (SSSR count). The molecule has 0 radical (unpaired) electrons. The van der Waals surface area contributed by atoms with Crippen LogP contribution in [0.4, 0.5) is 5.82 Å². The van der Waals surface area contributed by atoms with E-state index in [-0.39, 0.29) is 12.1 Å². The molecule has 4 heteroatoms. The third kappa shape index (κ3) is 3.70. The molecular weight excluding hydrogens is 256 g/mol. The van der Waals surface area contributed by atoms with E-state index in [0.29, 0.717) is 0 Å². The molecule has 0 aromatic carbocycles. The van der Waals surface area contributed by atoms with Crippen molar-refractivity contribution < 1.29 is 4.74 Å². The Kier molecular flexibility index (Phi) is 4.43. The highest BCUT2D eigenvalue weighted by molar-refractivity contribution is 7.12. The standard InChI is InChI=1S/C15H20N2OS/c1-10(2)18-13-6-5-9-16-15(13)17-12(4)14-8-7-11(3)19-14/h5-10,12H,1-4H3,(H,16,17). The normalized spacial score (nSPS) is 12.5. The molecular formula is C15H20N2OS. The van der Waals surface area contributed by atoms with E-state index in [0.717, 1.165) is 11.6 Å². The van der Waals surface area contributed by atoms with Crippen molar-refractivity contribution in [1.82, 2.24) is 4.98 Å². The number of hydrogen-bond donors (Lipinski definition) is 1. The Labute approximate surface area is 118 Å². The van der Waals surface area contributed by atoms with E-state index in [2.05, 4.69) is 36.3 Å². The van der Waals surface area contributed by atoms with Gasteiger partial charge in [-0.05, 0) is 52.0 Å². The molecule has 0 amide bonds. The number of ether oxygens (including phenoxy) is 1. The lowest BCUT2D eigenvalue weighted by molar-refractivity contribution is 0.242. The van der Waals surface area contributed by atoms with Crippen molar-refractivity contribution >= 4 is 17.2 Å². The Morgan fingerprint density at radius 2 is 2.00 bits per heavy atom. The minimum atomic E-state index is 0.143. The van der Waals surface area contributed by atoms with E-state index in [1.807, 2.05) is 26.0 Å². The number of rotatable bonds is 5. The summed E-state index contributed by atoms with van der Waals surface area (Å²) >= 11 is 1.80. The molecule has 0 spiro atoms. The Bertz CT molecular complexity index is 536. The first-order valence-corrected chi connectivity index (χ1v) is 7.32. The van der Waals surface area contributed by atoms with Gasteiger partial charge in [-0.2, -0.15) is 0 Å². The van der Waals surface area contributed by atoms with Crippen LogP contribution in [0.1, 0.15) is 36.6 Å². The lowest BCUT2D eigenvalue weighted by Gasteiger charge is -2.17. The first kappa shape index (κ1) is 13.9. The van der Waals surface area contributed by atoms with Crippen molar-refractivity contribution in [3.8, 4) is 5.75 Å². The molecule has 2 aromatic rings. The van der Waals surface area contributed by atoms with Gasteiger partial charge in [0.2, 0.25) is 0 Å². The van der Waals surface area contributed by atoms with Crippen LogP contribution in [0.15, 0.2) is 30.5 Å². The average molecular weight is 276 g/mol. The number of nitrogens with one attached hydrogen (secondary N) is 1. The van der Waals surface area contributed by atoms with E-state index in [4.69, 9.17) is 4.74 Å². The zero-order chi connectivity index (χ0) is 13.8. The quantitative estimate of drug-likeness (QED) is 0.878. The Morgan fingerprint density at radius 3 is 2.63 bits per heavy atom. The van der Waals surface area contributed by atoms with Gasteiger partial charge in [-0.3, -0.25) is 0 Å². The second-order valence-corrected chi connectivity index (χ2v) is 6.15. The van der Waals surface area contributed by atoms with Gasteiger partial charge in [0.05, 0.1) is 12.1 Å². The van der Waals surface area contributed by atoms with E-state index in [1.165, 1.54) is 9.75 Å². The van der Waals surface area contributed by atoms with Crippen molar-refractivity contribution in [3.63, 3.8) is 0 Å². The fourth-order valence-corrected chi connectivity index (χ4v) is 2.69. The maximum atomic E-state index is 5.77. The summed E-state index contributed by atoms with van der Waals surface area (Å²) in [6.07, 6.45) is 1.92. The van der Waals surface area contributed by atoms with Crippen LogP contribution in [0.2, 0.25) is 0 Å². The zero-order valence-corrected chi connectivity index (χ0v) is 12.6. The number of nitrogens with zero attached hydrogens (tertiary/aromatic N) is 1. The van der Waals surface area contributed by atoms with Gasteiger partial charge in [0.25, 0.3) is 0 Å². The van der Waals surface area contributed by atoms with Crippen LogP contribution in [0.25, 0.3) is 0 Å². The van der Waals surface area contributed by atoms with Crippen molar-refractivity contribution in [2.45, 2.75) is 39.8 Å². The molecule has 0 saturated heterocycles. The van der Waals surface area contributed by atoms with Crippen molar-refractivity contribution in [3.05, 3.63) is 40.2 Å². The maximum Gasteiger partial charge on any atom is 0.169 e. The van der Waals surface area contributed by atoms with Crippen molar-refractivity contribution in [2.24, 2.45) is 0 Å². The van der Waals surface area contributed by atoms with Crippen LogP contribution >= 0.6 is 11.3 Å². The van der Waals surface area contributed by atoms with Crippen molar-refractivity contribution in [2.75, 3.05) is 5.32 Å². The molecule has 0 saturated carbocycles. The molecule has 1 atom stereocenters. The summed E-state index contributed by atoms with van der Waals surface area (Å²) in [5.41, 5.74) is 0. The number of aryl methyl sites for hydroxylation is 1. The summed E-state index contributed by atoms with van der Waals surface area (Å²) in [6.45, 7) is 8.29. The molecule has 3 nitrogen and oxygen atoms in total. The van der Waals surface area contributed by atoms with Crippen LogP contribution in [0, 0.1) is 6.92 Å². The lowest BCUT2D eigenvalue weighted by Crippen LogP contribution is -2.11. The molecule has 0 aliphatic carbocycles. The molecule has 19 heavy (non-hydrogen) atoms. The Hall–Kier alpha value is -1.55. The number of hydrogen-bond acceptors (Lipinski definition) is 4. The summed E-state index contributed by atoms with van der Waals surface area (Å²) in [5.74, 6) is 1.60. The van der Waals surface area contributed by atoms with E-state index in [9.17, 15) is 0 Å². The fraction of sp³-hybridized carbons (Fsp3) is 0.400. The summed E-state index contributed by atoms with van der Waals surface area (Å²) in [5, 5.41) is 3.42. The largest absolute Gasteiger partial charge is 0.487 e. The van der Waals surface area contributed by atoms with Gasteiger partial charge in [0.1, 0.15) is 0 Å². The van der Waals surface area contributed by atoms with Crippen LogP contribution < -0.4 is 10.1 Å². The second-order valence-electron chi connectivity index (χ2n) is 4.83. The lowest BCUT2D eigenvalue weighted by atomic mass is 10.2. The molecule has 0 aliphatic heterocycles. The summed E-state index contributed by atoms with van der Waals surface area (Å²) in [4.78, 5) is 7.00. The second kappa shape index (κ2) is 6.06. The Balaban J connectivity index is 2.14. The minimum absolute atomic E-state index is 0.143. The third-order valence-electron chi connectivity index (χ3n) is 2.67. The average Bonchev–Trinajstić information content (AvgIpc) is 2.78. The first-order chi connectivity index (χ1) is 9.06. The molecule has 2 heterocycles. The molecule has 102 valence electrons. The highest BCUT2D eigenvalue weighted by atomic mass is 32.1. The molecule has 0 aliphatic rings. The SMILES string of the molecule is Cc1ccc(C(C)Nc2ncccc2OC(C)C)s1. The highest BCUT2D eigenvalue weighted by Crippen LogP contribution is 2.29. The maximum absolute atomic E-state index is 5.77. The fourth-order valence-electron chi connectivity index (χ4n) is 1.81. The van der Waals surface area contributed by atoms with Crippen LogP contribution in [0.3, 0.4) is 0 Å². The van der Waals surface area contributed by atoms with Crippen molar-refractivity contribution in [1.29, 1.82) is 0 Å². The summed E-state index contributed by atoms with van der Waals surface area (Å²) < 4.78 is 5.77. The number of anilines is 1. The highest BCUT2D eigenvalue weighted by Gasteiger charge is 2.12. The third-order valence-corrected chi connectivity index (χ3v) is 3.86. The van der Waals surface area contributed by atoms with Gasteiger partial charge in [0, 0.05) is 16.0 Å². The summed E-state index contributed by atoms with van der Waals surface area (Å²) in [7, 11) is 0. The van der Waals surface area contributed by atoms with E-state index >= 15 is 0 Å². The van der Waals surface area contributed by atoms with Gasteiger partial charge in [-0.1, -0.05) is 0 Å².